The zero-order chi connectivity index (χ0) is 15.7. The lowest BCUT2D eigenvalue weighted by atomic mass is 9.95. The van der Waals surface area contributed by atoms with Gasteiger partial charge in [0.1, 0.15) is 0 Å². The summed E-state index contributed by atoms with van der Waals surface area (Å²) in [6, 6.07) is 10.9. The van der Waals surface area contributed by atoms with Gasteiger partial charge in [0.15, 0.2) is 0 Å². The second kappa shape index (κ2) is 9.51. The molecule has 1 aromatic rings. The van der Waals surface area contributed by atoms with Crippen LogP contribution >= 0.6 is 0 Å². The quantitative estimate of drug-likeness (QED) is 0.759. The summed E-state index contributed by atoms with van der Waals surface area (Å²) in [6.07, 6.45) is 1.40. The highest BCUT2D eigenvalue weighted by molar-refractivity contribution is 5.25. The maximum absolute atomic E-state index is 8.89. The minimum Gasteiger partial charge on any atom is -0.383 e. The van der Waals surface area contributed by atoms with Gasteiger partial charge in [-0.2, -0.15) is 5.26 Å². The zero-order valence-corrected chi connectivity index (χ0v) is 13.4. The van der Waals surface area contributed by atoms with Crippen LogP contribution in [0.4, 0.5) is 0 Å². The van der Waals surface area contributed by atoms with Crippen LogP contribution in [0.2, 0.25) is 0 Å². The van der Waals surface area contributed by atoms with E-state index >= 15 is 0 Å². The van der Waals surface area contributed by atoms with Crippen molar-refractivity contribution in [3.05, 3.63) is 35.4 Å². The molecule has 0 aliphatic rings. The van der Waals surface area contributed by atoms with Crippen molar-refractivity contribution in [1.82, 2.24) is 4.90 Å². The molecule has 0 aromatic heterocycles. The van der Waals surface area contributed by atoms with Crippen molar-refractivity contribution >= 4 is 0 Å². The van der Waals surface area contributed by atoms with E-state index in [-0.39, 0.29) is 12.1 Å². The van der Waals surface area contributed by atoms with Crippen LogP contribution < -0.4 is 5.73 Å². The van der Waals surface area contributed by atoms with Crippen molar-refractivity contribution in [3.63, 3.8) is 0 Å². The number of nitrogens with zero attached hydrogens (tertiary/aromatic N) is 2. The molecule has 0 heterocycles. The van der Waals surface area contributed by atoms with Gasteiger partial charge in [0, 0.05) is 38.7 Å². The van der Waals surface area contributed by atoms with Crippen LogP contribution in [0.5, 0.6) is 0 Å². The number of hydrogen-bond donors (Lipinski definition) is 1. The first-order valence-corrected chi connectivity index (χ1v) is 7.56. The molecule has 2 atom stereocenters. The lowest BCUT2D eigenvalue weighted by molar-refractivity contribution is 0.109. The second-order valence-electron chi connectivity index (χ2n) is 5.36. The summed E-state index contributed by atoms with van der Waals surface area (Å²) in [7, 11) is 1.70. The van der Waals surface area contributed by atoms with Gasteiger partial charge in [0.05, 0.1) is 12.7 Å². The van der Waals surface area contributed by atoms with Gasteiger partial charge >= 0.3 is 0 Å². The van der Waals surface area contributed by atoms with Crippen LogP contribution in [0.25, 0.3) is 0 Å². The fourth-order valence-electron chi connectivity index (χ4n) is 2.51. The summed E-state index contributed by atoms with van der Waals surface area (Å²) in [6.45, 7) is 6.32. The highest BCUT2D eigenvalue weighted by Crippen LogP contribution is 2.25. The molecule has 1 rings (SSSR count). The zero-order valence-electron chi connectivity index (χ0n) is 13.4. The van der Waals surface area contributed by atoms with Crippen LogP contribution in [0.3, 0.4) is 0 Å². The summed E-state index contributed by atoms with van der Waals surface area (Å²) in [5.41, 5.74) is 8.82. The highest BCUT2D eigenvalue weighted by atomic mass is 16.5. The molecule has 0 aliphatic heterocycles. The van der Waals surface area contributed by atoms with Gasteiger partial charge in [0.25, 0.3) is 0 Å². The molecule has 21 heavy (non-hydrogen) atoms. The summed E-state index contributed by atoms with van der Waals surface area (Å²) in [4.78, 5) is 2.27. The van der Waals surface area contributed by atoms with Gasteiger partial charge in [-0.25, -0.2) is 0 Å². The smallest absolute Gasteiger partial charge is 0.0635 e. The van der Waals surface area contributed by atoms with Crippen molar-refractivity contribution in [3.8, 4) is 6.07 Å². The van der Waals surface area contributed by atoms with E-state index in [1.807, 2.05) is 0 Å². The Labute approximate surface area is 128 Å². The van der Waals surface area contributed by atoms with E-state index in [1.54, 1.807) is 7.11 Å². The van der Waals surface area contributed by atoms with Gasteiger partial charge in [0.2, 0.25) is 0 Å². The maximum Gasteiger partial charge on any atom is 0.0635 e. The van der Waals surface area contributed by atoms with Crippen molar-refractivity contribution in [1.29, 1.82) is 5.26 Å². The normalized spacial score (nSPS) is 13.9. The van der Waals surface area contributed by atoms with Crippen LogP contribution in [-0.2, 0) is 4.74 Å². The average Bonchev–Trinajstić information content (AvgIpc) is 2.51. The number of nitriles is 1. The fraction of sp³-hybridized carbons (Fsp3) is 0.588. The first kappa shape index (κ1) is 17.6. The minimum absolute atomic E-state index is 0.0447. The summed E-state index contributed by atoms with van der Waals surface area (Å²) in [5.74, 6) is 0. The third-order valence-corrected chi connectivity index (χ3v) is 3.78. The first-order chi connectivity index (χ1) is 10.1. The fourth-order valence-corrected chi connectivity index (χ4v) is 2.51. The third kappa shape index (κ3) is 5.47. The molecule has 116 valence electrons. The van der Waals surface area contributed by atoms with Crippen molar-refractivity contribution < 1.29 is 4.74 Å². The van der Waals surface area contributed by atoms with E-state index in [4.69, 9.17) is 15.7 Å². The predicted molar refractivity (Wildman–Crippen MR) is 85.9 cm³/mol. The molecule has 0 radical (unpaired) electrons. The van der Waals surface area contributed by atoms with E-state index in [0.717, 1.165) is 13.0 Å². The number of nitrogens with two attached hydrogens (primary N) is 1. The molecule has 0 saturated carbocycles. The Kier molecular flexibility index (Phi) is 7.99. The van der Waals surface area contributed by atoms with Crippen LogP contribution in [-0.4, -0.2) is 37.7 Å². The van der Waals surface area contributed by atoms with E-state index in [0.29, 0.717) is 19.6 Å². The van der Waals surface area contributed by atoms with Gasteiger partial charge in [-0.3, -0.25) is 4.90 Å². The largest absolute Gasteiger partial charge is 0.383 e. The summed E-state index contributed by atoms with van der Waals surface area (Å²) >= 11 is 0. The number of aryl methyl sites for hydroxylation is 1. The minimum atomic E-state index is 0.0447. The Morgan fingerprint density at radius 2 is 1.95 bits per heavy atom. The molecule has 4 nitrogen and oxygen atoms in total. The lowest BCUT2D eigenvalue weighted by Gasteiger charge is -2.35. The molecule has 0 fully saturated rings. The van der Waals surface area contributed by atoms with Crippen molar-refractivity contribution in [2.24, 2.45) is 5.73 Å². The molecule has 4 heteroatoms. The SMILES string of the molecule is CCC(N)C(c1ccc(C)cc1)N(CCC#N)CCOC. The number of rotatable bonds is 9. The highest BCUT2D eigenvalue weighted by Gasteiger charge is 2.25. The second-order valence-corrected chi connectivity index (χ2v) is 5.36. The Bertz CT molecular complexity index is 438. The standard InChI is InChI=1S/C17H27N3O/c1-4-16(19)17(15-8-6-14(2)7-9-15)20(11-5-10-18)12-13-21-3/h6-9,16-17H,4-5,11-13,19H2,1-3H3. The van der Waals surface area contributed by atoms with Crippen LogP contribution in [0.1, 0.15) is 36.9 Å². The van der Waals surface area contributed by atoms with Gasteiger partial charge in [-0.15, -0.1) is 0 Å². The van der Waals surface area contributed by atoms with Crippen LogP contribution in [0.15, 0.2) is 24.3 Å². The molecular weight excluding hydrogens is 262 g/mol. The Morgan fingerprint density at radius 1 is 1.29 bits per heavy atom. The molecule has 1 aromatic carbocycles. The number of methoxy groups -OCH3 is 1. The van der Waals surface area contributed by atoms with Gasteiger partial charge < -0.3 is 10.5 Å². The van der Waals surface area contributed by atoms with Gasteiger partial charge in [-0.05, 0) is 18.9 Å². The van der Waals surface area contributed by atoms with Gasteiger partial charge in [-0.1, -0.05) is 36.8 Å². The molecular formula is C17H27N3O. The van der Waals surface area contributed by atoms with E-state index < -0.39 is 0 Å². The Balaban J connectivity index is 3.00. The third-order valence-electron chi connectivity index (χ3n) is 3.78. The van der Waals surface area contributed by atoms with Crippen molar-refractivity contribution in [2.45, 2.75) is 38.8 Å². The van der Waals surface area contributed by atoms with E-state index in [9.17, 15) is 0 Å². The molecule has 0 spiro atoms. The first-order valence-electron chi connectivity index (χ1n) is 7.56. The molecule has 0 bridgehead atoms. The number of benzene rings is 1. The average molecular weight is 289 g/mol. The molecule has 0 saturated heterocycles. The molecule has 2 N–H and O–H groups in total. The topological polar surface area (TPSA) is 62.3 Å². The Hall–Kier alpha value is -1.41. The Morgan fingerprint density at radius 3 is 2.48 bits per heavy atom. The van der Waals surface area contributed by atoms with E-state index in [2.05, 4.69) is 49.1 Å². The molecule has 0 aliphatic carbocycles. The predicted octanol–water partition coefficient (Wildman–Crippen LogP) is 2.64. The molecule has 2 unspecified atom stereocenters. The summed E-state index contributed by atoms with van der Waals surface area (Å²) < 4.78 is 5.21. The van der Waals surface area contributed by atoms with Crippen molar-refractivity contribution in [2.75, 3.05) is 26.8 Å². The monoisotopic (exact) mass is 289 g/mol. The van der Waals surface area contributed by atoms with Crippen LogP contribution in [0, 0.1) is 18.3 Å². The molecule has 0 amide bonds. The number of hydrogen-bond acceptors (Lipinski definition) is 4. The summed E-state index contributed by atoms with van der Waals surface area (Å²) in [5, 5.41) is 8.89. The van der Waals surface area contributed by atoms with E-state index in [1.165, 1.54) is 11.1 Å². The number of ether oxygens (including phenoxy) is 1. The lowest BCUT2D eigenvalue weighted by Crippen LogP contribution is -2.42. The maximum atomic E-state index is 8.89.